The van der Waals surface area contributed by atoms with Gasteiger partial charge in [0.25, 0.3) is 0 Å². The minimum atomic E-state index is -1.59. The zero-order valence-electron chi connectivity index (χ0n) is 16.4. The zero-order chi connectivity index (χ0) is 18.0. The van der Waals surface area contributed by atoms with Gasteiger partial charge in [0.1, 0.15) is 0 Å². The lowest BCUT2D eigenvalue weighted by Gasteiger charge is -2.37. The largest absolute Gasteiger partial charge is 0.456 e. The molecule has 0 aliphatic rings. The van der Waals surface area contributed by atoms with Gasteiger partial charge in [0.15, 0.2) is 16.6 Å². The van der Waals surface area contributed by atoms with Crippen molar-refractivity contribution in [1.29, 1.82) is 0 Å². The summed E-state index contributed by atoms with van der Waals surface area (Å²) in [6.07, 6.45) is 8.94. The molecule has 0 radical (unpaired) electrons. The molecule has 0 spiro atoms. The summed E-state index contributed by atoms with van der Waals surface area (Å²) in [5.41, 5.74) is 0. The van der Waals surface area contributed by atoms with Crippen LogP contribution in [-0.2, 0) is 4.12 Å². The maximum atomic E-state index is 6.78. The highest BCUT2D eigenvalue weighted by Crippen LogP contribution is 2.33. The van der Waals surface area contributed by atoms with E-state index in [2.05, 4.69) is 71.1 Å². The molecule has 0 saturated carbocycles. The molecule has 0 saturated heterocycles. The monoisotopic (exact) mass is 368 g/mol. The lowest BCUT2D eigenvalue weighted by atomic mass is 10.4. The van der Waals surface area contributed by atoms with Crippen molar-refractivity contribution in [3.63, 3.8) is 0 Å². The molecule has 134 valence electrons. The minimum Gasteiger partial charge on any atom is -0.456 e. The summed E-state index contributed by atoms with van der Waals surface area (Å²) in [6, 6.07) is 7.42. The Morgan fingerprint density at radius 3 is 1.57 bits per heavy atom. The van der Waals surface area contributed by atoms with Crippen LogP contribution in [0.15, 0.2) is 38.0 Å². The first-order chi connectivity index (χ1) is 10.7. The number of allylic oxidation sites excluding steroid dienone is 3. The predicted molar refractivity (Wildman–Crippen MR) is 116 cm³/mol. The van der Waals surface area contributed by atoms with Gasteiger partial charge in [0.2, 0.25) is 0 Å². The van der Waals surface area contributed by atoms with Gasteiger partial charge in [-0.1, -0.05) is 44.0 Å². The average Bonchev–Trinajstić information content (AvgIpc) is 2.43. The van der Waals surface area contributed by atoms with E-state index < -0.39 is 24.7 Å². The quantitative estimate of drug-likeness (QED) is 0.232. The van der Waals surface area contributed by atoms with Gasteiger partial charge in [-0.3, -0.25) is 0 Å². The standard InChI is InChI=1S/C19H40OSi3/c1-9-13-17-21(5,6)20-22(7,8)18-19-23(14-10-2,15-11-3)16-12-4/h10-12H,2-4,9,13-19H2,1,5-8H3. The van der Waals surface area contributed by atoms with Crippen molar-refractivity contribution in [1.82, 2.24) is 0 Å². The van der Waals surface area contributed by atoms with Gasteiger partial charge in [-0.15, -0.1) is 19.7 Å². The fraction of sp³-hybridized carbons (Fsp3) is 0.684. The Morgan fingerprint density at radius 2 is 1.17 bits per heavy atom. The van der Waals surface area contributed by atoms with Gasteiger partial charge in [-0.2, -0.15) is 0 Å². The Hall–Kier alpha value is -0.169. The van der Waals surface area contributed by atoms with Gasteiger partial charge in [-0.25, -0.2) is 0 Å². The van der Waals surface area contributed by atoms with Crippen molar-refractivity contribution < 1.29 is 4.12 Å². The number of unbranched alkanes of at least 4 members (excludes halogenated alkanes) is 1. The molecular formula is C19H40OSi3. The van der Waals surface area contributed by atoms with E-state index in [4.69, 9.17) is 4.12 Å². The zero-order valence-corrected chi connectivity index (χ0v) is 19.4. The summed E-state index contributed by atoms with van der Waals surface area (Å²) in [6.45, 7) is 23.9. The van der Waals surface area contributed by atoms with Crippen LogP contribution in [0.25, 0.3) is 0 Å². The second-order valence-electron chi connectivity index (χ2n) is 8.20. The third-order valence-electron chi connectivity index (χ3n) is 4.67. The molecule has 0 amide bonds. The summed E-state index contributed by atoms with van der Waals surface area (Å²) < 4.78 is 6.78. The lowest BCUT2D eigenvalue weighted by molar-refractivity contribution is 0.535. The van der Waals surface area contributed by atoms with Crippen LogP contribution < -0.4 is 0 Å². The minimum absolute atomic E-state index is 1.17. The molecule has 0 atom stereocenters. The SMILES string of the molecule is C=CC[Si](CC=C)(CC=C)CC[Si](C)(C)O[Si](C)(C)CCCC. The van der Waals surface area contributed by atoms with Gasteiger partial charge < -0.3 is 4.12 Å². The number of hydrogen-bond donors (Lipinski definition) is 0. The molecule has 23 heavy (non-hydrogen) atoms. The second kappa shape index (κ2) is 10.6. The second-order valence-corrected chi connectivity index (χ2v) is 21.8. The van der Waals surface area contributed by atoms with Crippen LogP contribution in [0, 0.1) is 0 Å². The molecule has 4 heteroatoms. The third-order valence-corrected chi connectivity index (χ3v) is 17.4. The summed E-state index contributed by atoms with van der Waals surface area (Å²) >= 11 is 0. The van der Waals surface area contributed by atoms with Gasteiger partial charge in [-0.05, 0) is 56.4 Å². The van der Waals surface area contributed by atoms with Crippen LogP contribution in [0.1, 0.15) is 19.8 Å². The molecule has 0 aliphatic carbocycles. The maximum absolute atomic E-state index is 6.78. The molecule has 0 aliphatic heterocycles. The lowest BCUT2D eigenvalue weighted by Crippen LogP contribution is -2.45. The highest BCUT2D eigenvalue weighted by molar-refractivity contribution is 6.87. The first kappa shape index (κ1) is 22.8. The Labute approximate surface area is 149 Å². The number of rotatable bonds is 14. The summed E-state index contributed by atoms with van der Waals surface area (Å²) in [4.78, 5) is 0. The van der Waals surface area contributed by atoms with Crippen molar-refractivity contribution in [3.8, 4) is 0 Å². The van der Waals surface area contributed by atoms with Crippen LogP contribution in [0.4, 0.5) is 0 Å². The average molecular weight is 369 g/mol. The highest BCUT2D eigenvalue weighted by Gasteiger charge is 2.36. The van der Waals surface area contributed by atoms with E-state index in [9.17, 15) is 0 Å². The van der Waals surface area contributed by atoms with E-state index in [0.29, 0.717) is 0 Å². The van der Waals surface area contributed by atoms with E-state index in [1.807, 2.05) is 0 Å². The summed E-state index contributed by atoms with van der Waals surface area (Å²) in [7, 11) is -4.48. The van der Waals surface area contributed by atoms with E-state index >= 15 is 0 Å². The highest BCUT2D eigenvalue weighted by atomic mass is 28.4. The van der Waals surface area contributed by atoms with E-state index in [0.717, 1.165) is 0 Å². The van der Waals surface area contributed by atoms with E-state index in [-0.39, 0.29) is 0 Å². The van der Waals surface area contributed by atoms with Crippen LogP contribution in [0.5, 0.6) is 0 Å². The predicted octanol–water partition coefficient (Wildman–Crippen LogP) is 7.22. The molecule has 0 rings (SSSR count). The Balaban J connectivity index is 4.87. The van der Waals surface area contributed by atoms with Crippen molar-refractivity contribution in [2.75, 3.05) is 0 Å². The van der Waals surface area contributed by atoms with Crippen LogP contribution in [-0.4, -0.2) is 24.7 Å². The molecule has 0 N–H and O–H groups in total. The van der Waals surface area contributed by atoms with Gasteiger partial charge >= 0.3 is 0 Å². The normalized spacial score (nSPS) is 12.9. The van der Waals surface area contributed by atoms with Gasteiger partial charge in [0, 0.05) is 0 Å². The topological polar surface area (TPSA) is 9.23 Å². The summed E-state index contributed by atoms with van der Waals surface area (Å²) in [5.74, 6) is 0. The van der Waals surface area contributed by atoms with Crippen molar-refractivity contribution in [2.24, 2.45) is 0 Å². The first-order valence-corrected chi connectivity index (χ1v) is 18.2. The molecule has 0 fully saturated rings. The van der Waals surface area contributed by atoms with E-state index in [1.54, 1.807) is 0 Å². The maximum Gasteiger partial charge on any atom is 0.173 e. The molecule has 0 aromatic carbocycles. The molecule has 0 aromatic rings. The van der Waals surface area contributed by atoms with Gasteiger partial charge in [0.05, 0.1) is 8.07 Å². The van der Waals surface area contributed by atoms with Crippen LogP contribution in [0.3, 0.4) is 0 Å². The van der Waals surface area contributed by atoms with E-state index in [1.165, 1.54) is 49.1 Å². The molecular weight excluding hydrogens is 328 g/mol. The van der Waals surface area contributed by atoms with Crippen molar-refractivity contribution >= 4 is 24.7 Å². The molecule has 1 nitrogen and oxygen atoms in total. The fourth-order valence-corrected chi connectivity index (χ4v) is 19.0. The molecule has 0 unspecified atom stereocenters. The Kier molecular flexibility index (Phi) is 10.6. The molecule has 0 bridgehead atoms. The Bertz CT molecular complexity index is 348. The fourth-order valence-electron chi connectivity index (χ4n) is 3.49. The Morgan fingerprint density at radius 1 is 0.739 bits per heavy atom. The number of hydrogen-bond acceptors (Lipinski definition) is 1. The first-order valence-electron chi connectivity index (χ1n) is 9.19. The molecule has 0 heterocycles. The third kappa shape index (κ3) is 9.65. The summed E-state index contributed by atoms with van der Waals surface area (Å²) in [5, 5.41) is 0. The van der Waals surface area contributed by atoms with Crippen LogP contribution in [0.2, 0.25) is 62.5 Å². The van der Waals surface area contributed by atoms with Crippen molar-refractivity contribution in [3.05, 3.63) is 38.0 Å². The molecule has 0 aromatic heterocycles. The smallest absolute Gasteiger partial charge is 0.173 e. The van der Waals surface area contributed by atoms with Crippen LogP contribution >= 0.6 is 0 Å². The van der Waals surface area contributed by atoms with Crippen molar-refractivity contribution in [2.45, 2.75) is 82.2 Å².